The van der Waals surface area contributed by atoms with Gasteiger partial charge in [0.25, 0.3) is 0 Å². The number of nitriles is 1. The second kappa shape index (κ2) is 10.7. The molecule has 9 nitrogen and oxygen atoms in total. The van der Waals surface area contributed by atoms with Crippen LogP contribution in [0.4, 0.5) is 15.9 Å². The van der Waals surface area contributed by atoms with Crippen LogP contribution in [0.1, 0.15) is 30.5 Å². The summed E-state index contributed by atoms with van der Waals surface area (Å²) < 4.78 is 20.1. The predicted octanol–water partition coefficient (Wildman–Crippen LogP) is 2.89. The SMILES string of the molecule is CN1CCCC1COc1nc2c(c(N3CCNC(CC#N)C3)n1)CCN(c1cncc3cc(F)ccc13)C2. The van der Waals surface area contributed by atoms with Crippen LogP contribution in [0.25, 0.3) is 10.8 Å². The molecule has 3 aliphatic rings. The van der Waals surface area contributed by atoms with E-state index in [0.29, 0.717) is 31.6 Å². The summed E-state index contributed by atoms with van der Waals surface area (Å²) >= 11 is 0. The standard InChI is InChI=1S/C28H33FN8O/c1-35-10-2-3-22(35)18-38-28-33-25-17-36(26-15-31-14-19-13-20(29)4-5-23(19)26)11-7-24(25)27(34-28)37-12-9-32-21(16-37)6-8-30/h4-5,13-15,21-22,32H,2-3,6-7,9-12,16-18H2,1H3. The van der Waals surface area contributed by atoms with Crippen molar-refractivity contribution in [3.05, 3.63) is 47.7 Å². The Morgan fingerprint density at radius 3 is 2.95 bits per heavy atom. The van der Waals surface area contributed by atoms with E-state index in [-0.39, 0.29) is 11.9 Å². The second-order valence-electron chi connectivity index (χ2n) is 10.5. The summed E-state index contributed by atoms with van der Waals surface area (Å²) in [4.78, 5) is 21.1. The monoisotopic (exact) mass is 516 g/mol. The highest BCUT2D eigenvalue weighted by atomic mass is 19.1. The van der Waals surface area contributed by atoms with E-state index in [0.717, 1.165) is 79.1 Å². The summed E-state index contributed by atoms with van der Waals surface area (Å²) in [5.74, 6) is 0.658. The highest BCUT2D eigenvalue weighted by molar-refractivity contribution is 5.93. The number of likely N-dealkylation sites (N-methyl/N-ethyl adjacent to an activating group) is 1. The van der Waals surface area contributed by atoms with E-state index in [4.69, 9.17) is 14.7 Å². The van der Waals surface area contributed by atoms with Gasteiger partial charge < -0.3 is 24.8 Å². The Kier molecular flexibility index (Phi) is 6.96. The van der Waals surface area contributed by atoms with Crippen LogP contribution >= 0.6 is 0 Å². The van der Waals surface area contributed by atoms with Gasteiger partial charge in [-0.2, -0.15) is 15.2 Å². The average molecular weight is 517 g/mol. The van der Waals surface area contributed by atoms with Crippen molar-refractivity contribution in [2.24, 2.45) is 0 Å². The summed E-state index contributed by atoms with van der Waals surface area (Å²) in [5, 5.41) is 14.4. The molecule has 1 aromatic carbocycles. The fraction of sp³-hybridized carbons (Fsp3) is 0.500. The molecule has 0 amide bonds. The molecular weight excluding hydrogens is 483 g/mol. The number of nitrogens with one attached hydrogen (secondary N) is 1. The number of likely N-dealkylation sites (tertiary alicyclic amines) is 1. The van der Waals surface area contributed by atoms with Crippen molar-refractivity contribution in [2.45, 2.75) is 44.3 Å². The first-order valence-electron chi connectivity index (χ1n) is 13.5. The molecule has 0 spiro atoms. The molecule has 38 heavy (non-hydrogen) atoms. The first kappa shape index (κ1) is 24.8. The Morgan fingerprint density at radius 1 is 1.18 bits per heavy atom. The highest BCUT2D eigenvalue weighted by Gasteiger charge is 2.30. The van der Waals surface area contributed by atoms with Crippen LogP contribution in [0, 0.1) is 17.1 Å². The normalized spacial score (nSPS) is 21.9. The van der Waals surface area contributed by atoms with Crippen LogP contribution in [0.5, 0.6) is 6.01 Å². The summed E-state index contributed by atoms with van der Waals surface area (Å²) in [6, 6.07) is 8.03. The van der Waals surface area contributed by atoms with E-state index >= 15 is 0 Å². The van der Waals surface area contributed by atoms with Crippen LogP contribution in [-0.2, 0) is 13.0 Å². The Balaban J connectivity index is 1.32. The van der Waals surface area contributed by atoms with Gasteiger partial charge in [0, 0.05) is 60.8 Å². The maximum Gasteiger partial charge on any atom is 0.318 e. The van der Waals surface area contributed by atoms with Crippen LogP contribution in [0.2, 0.25) is 0 Å². The minimum absolute atomic E-state index is 0.109. The molecule has 0 bridgehead atoms. The number of ether oxygens (including phenoxy) is 1. The fourth-order valence-electron chi connectivity index (χ4n) is 5.93. The largest absolute Gasteiger partial charge is 0.462 e. The van der Waals surface area contributed by atoms with Gasteiger partial charge in [-0.25, -0.2) is 4.39 Å². The molecule has 2 unspecified atom stereocenters. The molecule has 0 saturated carbocycles. The lowest BCUT2D eigenvalue weighted by Crippen LogP contribution is -2.51. The van der Waals surface area contributed by atoms with Crippen LogP contribution in [0.15, 0.2) is 30.6 Å². The lowest BCUT2D eigenvalue weighted by Gasteiger charge is -2.37. The van der Waals surface area contributed by atoms with E-state index < -0.39 is 0 Å². The van der Waals surface area contributed by atoms with E-state index in [2.05, 4.69) is 38.1 Å². The molecule has 2 fully saturated rings. The number of aromatic nitrogens is 3. The van der Waals surface area contributed by atoms with Crippen molar-refractivity contribution in [3.8, 4) is 12.1 Å². The summed E-state index contributed by atoms with van der Waals surface area (Å²) in [7, 11) is 2.14. The number of rotatable bonds is 6. The number of piperazine rings is 1. The van der Waals surface area contributed by atoms with Gasteiger partial charge >= 0.3 is 6.01 Å². The number of anilines is 2. The van der Waals surface area contributed by atoms with E-state index in [1.807, 2.05) is 12.3 Å². The van der Waals surface area contributed by atoms with E-state index in [1.54, 1.807) is 6.20 Å². The van der Waals surface area contributed by atoms with Gasteiger partial charge in [0.1, 0.15) is 18.2 Å². The second-order valence-corrected chi connectivity index (χ2v) is 10.5. The molecule has 3 aromatic rings. The van der Waals surface area contributed by atoms with E-state index in [1.165, 1.54) is 18.6 Å². The molecule has 0 aliphatic carbocycles. The number of nitrogens with zero attached hydrogens (tertiary/aromatic N) is 7. The lowest BCUT2D eigenvalue weighted by molar-refractivity contribution is 0.187. The Bertz CT molecular complexity index is 1360. The number of halogens is 1. The van der Waals surface area contributed by atoms with Gasteiger partial charge in [-0.3, -0.25) is 4.98 Å². The summed E-state index contributed by atoms with van der Waals surface area (Å²) in [6.45, 7) is 5.37. The average Bonchev–Trinajstić information content (AvgIpc) is 3.35. The summed E-state index contributed by atoms with van der Waals surface area (Å²) in [5.41, 5.74) is 3.06. The molecule has 5 heterocycles. The maximum atomic E-state index is 13.9. The van der Waals surface area contributed by atoms with Crippen molar-refractivity contribution in [1.29, 1.82) is 5.26 Å². The minimum Gasteiger partial charge on any atom is -0.462 e. The first-order chi connectivity index (χ1) is 18.6. The Hall–Kier alpha value is -3.55. The first-order valence-corrected chi connectivity index (χ1v) is 13.5. The van der Waals surface area contributed by atoms with Crippen LogP contribution in [0.3, 0.4) is 0 Å². The zero-order chi connectivity index (χ0) is 26.1. The number of fused-ring (bicyclic) bond motifs is 2. The maximum absolute atomic E-state index is 13.9. The number of benzene rings is 1. The molecule has 198 valence electrons. The van der Waals surface area contributed by atoms with Crippen LogP contribution in [-0.4, -0.2) is 78.3 Å². The van der Waals surface area contributed by atoms with Gasteiger partial charge in [0.15, 0.2) is 0 Å². The van der Waals surface area contributed by atoms with Crippen molar-refractivity contribution in [1.82, 2.24) is 25.2 Å². The Labute approximate surface area is 222 Å². The molecule has 2 aromatic heterocycles. The number of hydrogen-bond donors (Lipinski definition) is 1. The minimum atomic E-state index is -0.266. The van der Waals surface area contributed by atoms with E-state index in [9.17, 15) is 9.65 Å². The zero-order valence-corrected chi connectivity index (χ0v) is 21.7. The fourth-order valence-corrected chi connectivity index (χ4v) is 5.93. The molecule has 1 N–H and O–H groups in total. The zero-order valence-electron chi connectivity index (χ0n) is 21.7. The van der Waals surface area contributed by atoms with Crippen molar-refractivity contribution >= 4 is 22.3 Å². The molecule has 10 heteroatoms. The third-order valence-electron chi connectivity index (χ3n) is 8.03. The molecule has 3 aliphatic heterocycles. The highest BCUT2D eigenvalue weighted by Crippen LogP contribution is 2.34. The van der Waals surface area contributed by atoms with Gasteiger partial charge in [-0.05, 0) is 51.1 Å². The van der Waals surface area contributed by atoms with Gasteiger partial charge in [0.05, 0.1) is 36.6 Å². The lowest BCUT2D eigenvalue weighted by atomic mass is 10.0. The topological polar surface area (TPSA) is 93.4 Å². The Morgan fingerprint density at radius 2 is 2.11 bits per heavy atom. The van der Waals surface area contributed by atoms with Crippen LogP contribution < -0.4 is 19.9 Å². The molecule has 6 rings (SSSR count). The molecular formula is C28H33FN8O. The van der Waals surface area contributed by atoms with Crippen molar-refractivity contribution in [3.63, 3.8) is 0 Å². The molecule has 2 saturated heterocycles. The third kappa shape index (κ3) is 4.96. The third-order valence-corrected chi connectivity index (χ3v) is 8.03. The predicted molar refractivity (Wildman–Crippen MR) is 144 cm³/mol. The van der Waals surface area contributed by atoms with Gasteiger partial charge in [-0.15, -0.1) is 0 Å². The smallest absolute Gasteiger partial charge is 0.318 e. The molecule has 2 atom stereocenters. The van der Waals surface area contributed by atoms with Crippen molar-refractivity contribution in [2.75, 3.05) is 56.2 Å². The molecule has 0 radical (unpaired) electrons. The summed E-state index contributed by atoms with van der Waals surface area (Å²) in [6.07, 6.45) is 7.09. The quantitative estimate of drug-likeness (QED) is 0.531. The van der Waals surface area contributed by atoms with Gasteiger partial charge in [0.2, 0.25) is 0 Å². The number of pyridine rings is 1. The van der Waals surface area contributed by atoms with Gasteiger partial charge in [-0.1, -0.05) is 0 Å². The van der Waals surface area contributed by atoms with Crippen molar-refractivity contribution < 1.29 is 9.13 Å². The number of hydrogen-bond acceptors (Lipinski definition) is 9.